The minimum Gasteiger partial charge on any atom is -0.398 e. The van der Waals surface area contributed by atoms with E-state index in [1.807, 2.05) is 0 Å². The predicted octanol–water partition coefficient (Wildman–Crippen LogP) is 4.05. The number of hydrogen-bond donors (Lipinski definition) is 1. The fraction of sp³-hybridized carbons (Fsp3) is 0.500. The first kappa shape index (κ1) is 14.5. The number of anilines is 1. The zero-order chi connectivity index (χ0) is 12.7. The van der Waals surface area contributed by atoms with E-state index in [9.17, 15) is 0 Å². The second kappa shape index (κ2) is 6.90. The third-order valence-corrected chi connectivity index (χ3v) is 2.42. The Morgan fingerprint density at radius 2 is 1.38 bits per heavy atom. The van der Waals surface area contributed by atoms with E-state index in [2.05, 4.69) is 45.9 Å². The molecule has 0 spiro atoms. The van der Waals surface area contributed by atoms with Crippen molar-refractivity contribution >= 4 is 5.69 Å². The third kappa shape index (κ3) is 3.94. The molecule has 2 heteroatoms. The highest BCUT2D eigenvalue weighted by molar-refractivity contribution is 5.56. The van der Waals surface area contributed by atoms with Crippen molar-refractivity contribution in [2.45, 2.75) is 46.5 Å². The van der Waals surface area contributed by atoms with Gasteiger partial charge >= 0.3 is 0 Å². The minimum absolute atomic E-state index is 0.513. The zero-order valence-electron chi connectivity index (χ0n) is 10.9. The van der Waals surface area contributed by atoms with E-state index >= 15 is 0 Å². The number of para-hydroxylation sites is 1. The van der Waals surface area contributed by atoms with Gasteiger partial charge in [0, 0.05) is 12.6 Å². The lowest BCUT2D eigenvalue weighted by atomic mass is 9.93. The van der Waals surface area contributed by atoms with E-state index in [1.165, 1.54) is 18.1 Å². The Bertz CT molecular complexity index is 333. The van der Waals surface area contributed by atoms with E-state index in [0.717, 1.165) is 5.69 Å². The Kier molecular flexibility index (Phi) is 6.25. The first-order valence-corrected chi connectivity index (χ1v) is 5.64. The van der Waals surface area contributed by atoms with Crippen molar-refractivity contribution in [3.05, 3.63) is 29.3 Å². The maximum Gasteiger partial charge on any atom is 0.0587 e. The van der Waals surface area contributed by atoms with Gasteiger partial charge in [-0.15, -0.1) is 0 Å². The van der Waals surface area contributed by atoms with Crippen LogP contribution in [0.2, 0.25) is 0 Å². The van der Waals surface area contributed by atoms with Crippen LogP contribution in [0.15, 0.2) is 18.2 Å². The molecule has 0 radical (unpaired) electrons. The van der Waals surface area contributed by atoms with Gasteiger partial charge in [-0.25, -0.2) is 0 Å². The van der Waals surface area contributed by atoms with Crippen molar-refractivity contribution in [1.82, 2.24) is 0 Å². The summed E-state index contributed by atoms with van der Waals surface area (Å²) in [6.45, 7) is 10.1. The summed E-state index contributed by atoms with van der Waals surface area (Å²) in [6, 6.07) is 8.08. The number of benzene rings is 1. The fourth-order valence-corrected chi connectivity index (χ4v) is 1.61. The highest BCUT2D eigenvalue weighted by Crippen LogP contribution is 2.29. The lowest BCUT2D eigenvalue weighted by molar-refractivity contribution is 0.840. The first-order chi connectivity index (χ1) is 7.45. The molecule has 0 unspecified atom stereocenters. The van der Waals surface area contributed by atoms with Gasteiger partial charge in [-0.3, -0.25) is 0 Å². The number of rotatable bonds is 2. The summed E-state index contributed by atoms with van der Waals surface area (Å²) in [5.41, 5.74) is 9.60. The van der Waals surface area contributed by atoms with Crippen LogP contribution in [0, 0.1) is 11.3 Å². The largest absolute Gasteiger partial charge is 0.398 e. The van der Waals surface area contributed by atoms with Crippen LogP contribution in [0.5, 0.6) is 0 Å². The molecule has 0 aliphatic heterocycles. The molecule has 2 N–H and O–H groups in total. The van der Waals surface area contributed by atoms with Gasteiger partial charge in [0.25, 0.3) is 0 Å². The molecule has 0 fully saturated rings. The Morgan fingerprint density at radius 1 is 1.06 bits per heavy atom. The van der Waals surface area contributed by atoms with Gasteiger partial charge in [0.05, 0.1) is 6.07 Å². The van der Waals surface area contributed by atoms with Crippen LogP contribution in [0.3, 0.4) is 0 Å². The van der Waals surface area contributed by atoms with Gasteiger partial charge in [0.1, 0.15) is 0 Å². The molecular weight excluding hydrogens is 196 g/mol. The van der Waals surface area contributed by atoms with Crippen LogP contribution < -0.4 is 5.73 Å². The van der Waals surface area contributed by atoms with E-state index < -0.39 is 0 Å². The normalized spacial score (nSPS) is 9.62. The molecule has 0 bridgehead atoms. The van der Waals surface area contributed by atoms with Crippen LogP contribution in [-0.4, -0.2) is 0 Å². The predicted molar refractivity (Wildman–Crippen MR) is 70.3 cm³/mol. The molecule has 0 heterocycles. The summed E-state index contributed by atoms with van der Waals surface area (Å²) in [6.07, 6.45) is 0. The first-order valence-electron chi connectivity index (χ1n) is 5.64. The van der Waals surface area contributed by atoms with Gasteiger partial charge in [-0.1, -0.05) is 45.9 Å². The molecule has 0 saturated carbocycles. The molecule has 1 rings (SSSR count). The lowest BCUT2D eigenvalue weighted by Crippen LogP contribution is -2.02. The van der Waals surface area contributed by atoms with Crippen LogP contribution in [-0.2, 0) is 0 Å². The van der Waals surface area contributed by atoms with E-state index in [0.29, 0.717) is 11.8 Å². The molecule has 0 saturated heterocycles. The Hall–Kier alpha value is -1.49. The average molecular weight is 218 g/mol. The van der Waals surface area contributed by atoms with Crippen LogP contribution in [0.4, 0.5) is 5.69 Å². The summed E-state index contributed by atoms with van der Waals surface area (Å²) in [5, 5.41) is 7.32. The summed E-state index contributed by atoms with van der Waals surface area (Å²) in [4.78, 5) is 0. The summed E-state index contributed by atoms with van der Waals surface area (Å²) >= 11 is 0. The maximum absolute atomic E-state index is 7.32. The molecule has 0 atom stereocenters. The van der Waals surface area contributed by atoms with Gasteiger partial charge in [-0.05, 0) is 23.0 Å². The van der Waals surface area contributed by atoms with Gasteiger partial charge in [0.2, 0.25) is 0 Å². The maximum atomic E-state index is 7.32. The van der Waals surface area contributed by atoms with E-state index in [-0.39, 0.29) is 0 Å². The van der Waals surface area contributed by atoms with Crippen LogP contribution in [0.25, 0.3) is 0 Å². The zero-order valence-corrected chi connectivity index (χ0v) is 10.9. The second-order valence-corrected chi connectivity index (χ2v) is 4.38. The molecule has 1 aromatic carbocycles. The van der Waals surface area contributed by atoms with Gasteiger partial charge < -0.3 is 5.73 Å². The van der Waals surface area contributed by atoms with Crippen molar-refractivity contribution in [3.63, 3.8) is 0 Å². The van der Waals surface area contributed by atoms with Crippen LogP contribution >= 0.6 is 0 Å². The molecule has 16 heavy (non-hydrogen) atoms. The van der Waals surface area contributed by atoms with Crippen molar-refractivity contribution in [2.75, 3.05) is 5.73 Å². The summed E-state index contributed by atoms with van der Waals surface area (Å²) < 4.78 is 0. The summed E-state index contributed by atoms with van der Waals surface area (Å²) in [7, 11) is 0. The van der Waals surface area contributed by atoms with Crippen molar-refractivity contribution < 1.29 is 0 Å². The fourth-order valence-electron chi connectivity index (χ4n) is 1.61. The Morgan fingerprint density at radius 3 is 1.62 bits per heavy atom. The molecule has 0 aliphatic rings. The van der Waals surface area contributed by atoms with Gasteiger partial charge in [-0.2, -0.15) is 5.26 Å². The highest BCUT2D eigenvalue weighted by Gasteiger charge is 2.09. The second-order valence-electron chi connectivity index (χ2n) is 4.38. The molecule has 0 aliphatic carbocycles. The number of hydrogen-bond acceptors (Lipinski definition) is 2. The minimum atomic E-state index is 0.513. The Balaban J connectivity index is 0.000000673. The van der Waals surface area contributed by atoms with Crippen LogP contribution in [0.1, 0.15) is 57.6 Å². The average Bonchev–Trinajstić information content (AvgIpc) is 2.18. The van der Waals surface area contributed by atoms with E-state index in [1.54, 1.807) is 6.07 Å². The molecular formula is C14H22N2. The van der Waals surface area contributed by atoms with Crippen molar-refractivity contribution in [2.24, 2.45) is 0 Å². The SMILES string of the molecule is CC#N.CC(C)c1cccc(C(C)C)c1N. The van der Waals surface area contributed by atoms with Gasteiger partial charge in [0.15, 0.2) is 0 Å². The summed E-state index contributed by atoms with van der Waals surface area (Å²) in [5.74, 6) is 1.03. The number of nitrogens with zero attached hydrogens (tertiary/aromatic N) is 1. The smallest absolute Gasteiger partial charge is 0.0587 e. The van der Waals surface area contributed by atoms with Crippen molar-refractivity contribution in [3.8, 4) is 6.07 Å². The number of nitrogen functional groups attached to an aromatic ring is 1. The quantitative estimate of drug-likeness (QED) is 0.761. The Labute approximate surface area is 99.1 Å². The number of nitriles is 1. The topological polar surface area (TPSA) is 49.8 Å². The molecule has 88 valence electrons. The molecule has 2 nitrogen and oxygen atoms in total. The molecule has 0 amide bonds. The standard InChI is InChI=1S/C12H19N.C2H3N/c1-8(2)10-6-5-7-11(9(3)4)12(10)13;1-2-3/h5-9H,13H2,1-4H3;1H3. The lowest BCUT2D eigenvalue weighted by Gasteiger charge is -2.15. The third-order valence-electron chi connectivity index (χ3n) is 2.42. The van der Waals surface area contributed by atoms with Crippen molar-refractivity contribution in [1.29, 1.82) is 5.26 Å². The number of nitrogens with two attached hydrogens (primary N) is 1. The molecule has 1 aromatic rings. The highest BCUT2D eigenvalue weighted by atomic mass is 14.6. The molecule has 0 aromatic heterocycles. The monoisotopic (exact) mass is 218 g/mol. The van der Waals surface area contributed by atoms with E-state index in [4.69, 9.17) is 11.0 Å².